The normalized spacial score (nSPS) is 25.0. The molecule has 3 aliphatic rings. The Balaban J connectivity index is 1.27. The summed E-state index contributed by atoms with van der Waals surface area (Å²) < 4.78 is 15.1. The molecule has 2 aromatic rings. The molecule has 2 atom stereocenters. The second-order valence-electron chi connectivity index (χ2n) is 7.84. The average molecular weight is 355 g/mol. The number of hydrogen-bond donors (Lipinski definition) is 1. The van der Waals surface area contributed by atoms with Crippen LogP contribution in [0.15, 0.2) is 24.3 Å². The Hall–Kier alpha value is -2.28. The smallest absolute Gasteiger partial charge is 0.289 e. The summed E-state index contributed by atoms with van der Waals surface area (Å²) in [6.45, 7) is 3.64. The van der Waals surface area contributed by atoms with Crippen LogP contribution in [0.1, 0.15) is 34.8 Å². The maximum atomic E-state index is 13.1. The van der Waals surface area contributed by atoms with Gasteiger partial charge in [0.25, 0.3) is 5.91 Å². The van der Waals surface area contributed by atoms with Crippen molar-refractivity contribution in [1.29, 1.82) is 0 Å². The molecule has 2 unspecified atom stereocenters. The molecule has 0 spiro atoms. The summed E-state index contributed by atoms with van der Waals surface area (Å²) in [7, 11) is 0. The van der Waals surface area contributed by atoms with E-state index in [9.17, 15) is 9.18 Å². The van der Waals surface area contributed by atoms with Gasteiger partial charge in [-0.15, -0.1) is 10.2 Å². The van der Waals surface area contributed by atoms with Crippen LogP contribution in [-0.2, 0) is 19.5 Å². The van der Waals surface area contributed by atoms with Crippen LogP contribution in [0.5, 0.6) is 0 Å². The first kappa shape index (κ1) is 15.9. The van der Waals surface area contributed by atoms with Gasteiger partial charge >= 0.3 is 0 Å². The van der Waals surface area contributed by atoms with Crippen molar-refractivity contribution in [2.24, 2.45) is 11.8 Å². The highest BCUT2D eigenvalue weighted by Crippen LogP contribution is 2.33. The number of likely N-dealkylation sites (tertiary alicyclic amines) is 1. The number of hydrogen-bond acceptors (Lipinski definition) is 4. The Labute approximate surface area is 151 Å². The number of benzene rings is 1. The predicted octanol–water partition coefficient (Wildman–Crippen LogP) is 1.61. The monoisotopic (exact) mass is 355 g/mol. The zero-order valence-corrected chi connectivity index (χ0v) is 14.6. The van der Waals surface area contributed by atoms with E-state index in [1.807, 2.05) is 16.7 Å². The number of nitrogens with one attached hydrogen (secondary N) is 1. The van der Waals surface area contributed by atoms with Crippen LogP contribution in [0, 0.1) is 17.7 Å². The molecule has 1 amide bonds. The molecule has 7 heteroatoms. The summed E-state index contributed by atoms with van der Waals surface area (Å²) in [5.74, 6) is 2.15. The Morgan fingerprint density at radius 3 is 2.65 bits per heavy atom. The third kappa shape index (κ3) is 3.00. The summed E-state index contributed by atoms with van der Waals surface area (Å²) in [6, 6.07) is 7.07. The molecule has 0 bridgehead atoms. The van der Waals surface area contributed by atoms with Crippen LogP contribution in [0.2, 0.25) is 0 Å². The number of carbonyl (C=O) groups excluding carboxylic acids is 1. The van der Waals surface area contributed by atoms with Crippen LogP contribution >= 0.6 is 0 Å². The molecule has 0 radical (unpaired) electrons. The van der Waals surface area contributed by atoms with Gasteiger partial charge in [0.2, 0.25) is 5.82 Å². The van der Waals surface area contributed by atoms with E-state index in [1.54, 1.807) is 0 Å². The second-order valence-corrected chi connectivity index (χ2v) is 7.84. The van der Waals surface area contributed by atoms with Crippen LogP contribution in [0.25, 0.3) is 0 Å². The summed E-state index contributed by atoms with van der Waals surface area (Å²) in [5.41, 5.74) is 1.13. The quantitative estimate of drug-likeness (QED) is 0.905. The lowest BCUT2D eigenvalue weighted by Gasteiger charge is -2.25. The van der Waals surface area contributed by atoms with E-state index in [0.717, 1.165) is 56.8 Å². The van der Waals surface area contributed by atoms with Crippen molar-refractivity contribution < 1.29 is 9.18 Å². The number of nitrogens with zero attached hydrogens (tertiary/aromatic N) is 4. The van der Waals surface area contributed by atoms with Gasteiger partial charge in [-0.2, -0.15) is 0 Å². The van der Waals surface area contributed by atoms with E-state index in [4.69, 9.17) is 0 Å². The Morgan fingerprint density at radius 1 is 1.12 bits per heavy atom. The van der Waals surface area contributed by atoms with Gasteiger partial charge in [0.15, 0.2) is 0 Å². The van der Waals surface area contributed by atoms with Crippen molar-refractivity contribution in [3.8, 4) is 0 Å². The van der Waals surface area contributed by atoms with E-state index in [0.29, 0.717) is 23.7 Å². The van der Waals surface area contributed by atoms with Gasteiger partial charge in [0.1, 0.15) is 11.6 Å². The lowest BCUT2D eigenvalue weighted by Crippen LogP contribution is -2.33. The van der Waals surface area contributed by atoms with E-state index in [-0.39, 0.29) is 11.7 Å². The minimum absolute atomic E-state index is 0.0918. The number of halogens is 1. The highest BCUT2D eigenvalue weighted by molar-refractivity contribution is 5.91. The molecule has 5 rings (SSSR count). The van der Waals surface area contributed by atoms with Crippen molar-refractivity contribution in [3.05, 3.63) is 47.3 Å². The molecule has 6 nitrogen and oxygen atoms in total. The van der Waals surface area contributed by atoms with Crippen LogP contribution in [-0.4, -0.2) is 44.7 Å². The number of rotatable bonds is 4. The topological polar surface area (TPSA) is 63.1 Å². The molecule has 1 N–H and O–H groups in total. The fourth-order valence-corrected chi connectivity index (χ4v) is 4.24. The molecule has 1 aromatic carbocycles. The first-order valence-electron chi connectivity index (χ1n) is 9.35. The zero-order valence-electron chi connectivity index (χ0n) is 14.6. The summed E-state index contributed by atoms with van der Waals surface area (Å²) in [4.78, 5) is 14.8. The largest absolute Gasteiger partial charge is 0.347 e. The third-order valence-electron chi connectivity index (χ3n) is 5.78. The van der Waals surface area contributed by atoms with Crippen molar-refractivity contribution in [2.45, 2.75) is 38.4 Å². The average Bonchev–Trinajstić information content (AvgIpc) is 3.20. The van der Waals surface area contributed by atoms with Crippen LogP contribution in [0.3, 0.4) is 0 Å². The van der Waals surface area contributed by atoms with Gasteiger partial charge in [0.05, 0.1) is 0 Å². The fraction of sp³-hybridized carbons (Fsp3) is 0.526. The molecule has 136 valence electrons. The van der Waals surface area contributed by atoms with E-state index < -0.39 is 0 Å². The summed E-state index contributed by atoms with van der Waals surface area (Å²) >= 11 is 0. The Bertz CT molecular complexity index is 829. The van der Waals surface area contributed by atoms with Crippen LogP contribution < -0.4 is 5.32 Å². The first-order chi connectivity index (χ1) is 12.7. The van der Waals surface area contributed by atoms with Crippen LogP contribution in [0.4, 0.5) is 4.39 Å². The molecular formula is C19H22FN5O. The predicted molar refractivity (Wildman–Crippen MR) is 92.9 cm³/mol. The second kappa shape index (κ2) is 6.16. The molecule has 2 aliphatic heterocycles. The van der Waals surface area contributed by atoms with Crippen molar-refractivity contribution >= 4 is 5.91 Å². The maximum Gasteiger partial charge on any atom is 0.289 e. The molecule has 1 saturated carbocycles. The minimum Gasteiger partial charge on any atom is -0.347 e. The SMILES string of the molecule is O=C(NC1CC1)c1nnc2n1CC1CN(Cc3ccc(F)cc3)CC1C2. The van der Waals surface area contributed by atoms with Crippen molar-refractivity contribution in [1.82, 2.24) is 25.0 Å². The standard InChI is InChI=1S/C19H22FN5O/c20-15-3-1-12(2-4-15)8-24-9-13-7-17-22-23-18(19(26)21-16-5-6-16)25(17)11-14(13)10-24/h1-4,13-14,16H,5-11H2,(H,21,26). The Kier molecular flexibility index (Phi) is 3.77. The molecular weight excluding hydrogens is 333 g/mol. The number of amides is 1. The highest BCUT2D eigenvalue weighted by Gasteiger charge is 2.39. The molecule has 2 fully saturated rings. The van der Waals surface area contributed by atoms with Gasteiger partial charge in [0, 0.05) is 38.6 Å². The minimum atomic E-state index is -0.196. The summed E-state index contributed by atoms with van der Waals surface area (Å²) in [5, 5.41) is 11.4. The molecule has 1 saturated heterocycles. The highest BCUT2D eigenvalue weighted by atomic mass is 19.1. The van der Waals surface area contributed by atoms with Gasteiger partial charge in [-0.05, 0) is 42.4 Å². The number of aromatic nitrogens is 3. The van der Waals surface area contributed by atoms with Crippen molar-refractivity contribution in [2.75, 3.05) is 13.1 Å². The van der Waals surface area contributed by atoms with Gasteiger partial charge in [-0.1, -0.05) is 12.1 Å². The molecule has 1 aliphatic carbocycles. The third-order valence-corrected chi connectivity index (χ3v) is 5.78. The van der Waals surface area contributed by atoms with Gasteiger partial charge < -0.3 is 9.88 Å². The Morgan fingerprint density at radius 2 is 1.88 bits per heavy atom. The van der Waals surface area contributed by atoms with E-state index in [1.165, 1.54) is 12.1 Å². The number of carbonyl (C=O) groups is 1. The van der Waals surface area contributed by atoms with Gasteiger partial charge in [-0.25, -0.2) is 4.39 Å². The van der Waals surface area contributed by atoms with Gasteiger partial charge in [-0.3, -0.25) is 9.69 Å². The van der Waals surface area contributed by atoms with Crippen molar-refractivity contribution in [3.63, 3.8) is 0 Å². The molecule has 3 heterocycles. The van der Waals surface area contributed by atoms with E-state index in [2.05, 4.69) is 20.4 Å². The molecule has 1 aromatic heterocycles. The number of fused-ring (bicyclic) bond motifs is 2. The first-order valence-corrected chi connectivity index (χ1v) is 9.35. The zero-order chi connectivity index (χ0) is 17.7. The molecule has 26 heavy (non-hydrogen) atoms. The lowest BCUT2D eigenvalue weighted by atomic mass is 9.89. The van der Waals surface area contributed by atoms with E-state index >= 15 is 0 Å². The maximum absolute atomic E-state index is 13.1. The summed E-state index contributed by atoms with van der Waals surface area (Å²) in [6.07, 6.45) is 3.00. The fourth-order valence-electron chi connectivity index (χ4n) is 4.24. The lowest BCUT2D eigenvalue weighted by molar-refractivity contribution is 0.0932.